The lowest BCUT2D eigenvalue weighted by Crippen LogP contribution is -1.89. The molecular weight excluding hydrogens is 240 g/mol. The predicted octanol–water partition coefficient (Wildman–Crippen LogP) is 2.86. The molecule has 2 rings (SSSR count). The summed E-state index contributed by atoms with van der Waals surface area (Å²) in [6, 6.07) is 5.27. The van der Waals surface area contributed by atoms with Crippen LogP contribution in [-0.2, 0) is 0 Å². The van der Waals surface area contributed by atoms with Crippen molar-refractivity contribution in [2.75, 3.05) is 7.11 Å². The van der Waals surface area contributed by atoms with Crippen LogP contribution in [0.2, 0.25) is 5.02 Å². The maximum atomic E-state index is 10.7. The summed E-state index contributed by atoms with van der Waals surface area (Å²) in [5.41, 5.74) is 2.24. The van der Waals surface area contributed by atoms with E-state index in [0.717, 1.165) is 11.3 Å². The molecule has 0 fully saturated rings. The van der Waals surface area contributed by atoms with E-state index in [1.165, 1.54) is 0 Å². The summed E-state index contributed by atoms with van der Waals surface area (Å²) in [5, 5.41) is 0.593. The number of aryl methyl sites for hydroxylation is 1. The Kier molecular flexibility index (Phi) is 3.15. The van der Waals surface area contributed by atoms with Gasteiger partial charge in [-0.3, -0.25) is 4.79 Å². The molecule has 0 saturated carbocycles. The predicted molar refractivity (Wildman–Crippen MR) is 65.7 cm³/mol. The smallest absolute Gasteiger partial charge is 0.185 e. The van der Waals surface area contributed by atoms with Gasteiger partial charge in [-0.05, 0) is 25.1 Å². The van der Waals surface area contributed by atoms with E-state index in [9.17, 15) is 4.79 Å². The number of hydrogen-bond donors (Lipinski definition) is 1. The Hall–Kier alpha value is -1.81. The third kappa shape index (κ3) is 2.17. The number of methoxy groups -OCH3 is 1. The molecular formula is C12H11ClN2O2. The van der Waals surface area contributed by atoms with Gasteiger partial charge < -0.3 is 9.72 Å². The zero-order chi connectivity index (χ0) is 12.4. The van der Waals surface area contributed by atoms with Crippen LogP contribution in [0.15, 0.2) is 18.2 Å². The number of nitrogens with one attached hydrogen (secondary N) is 1. The molecule has 0 aliphatic carbocycles. The lowest BCUT2D eigenvalue weighted by molar-refractivity contribution is 0.111. The lowest BCUT2D eigenvalue weighted by atomic mass is 10.1. The molecule has 4 nitrogen and oxygen atoms in total. The van der Waals surface area contributed by atoms with Gasteiger partial charge in [-0.1, -0.05) is 11.6 Å². The minimum Gasteiger partial charge on any atom is -0.496 e. The number of rotatable bonds is 3. The van der Waals surface area contributed by atoms with Crippen molar-refractivity contribution >= 4 is 17.9 Å². The van der Waals surface area contributed by atoms with Crippen molar-refractivity contribution in [2.24, 2.45) is 0 Å². The van der Waals surface area contributed by atoms with Gasteiger partial charge in [-0.15, -0.1) is 0 Å². The SMILES string of the molecule is COc1ccc(Cl)cc1-c1nc(C=O)[nH]c1C. The Bertz CT molecular complexity index is 564. The third-order valence-corrected chi connectivity index (χ3v) is 2.67. The molecule has 1 N–H and O–H groups in total. The number of benzene rings is 1. The van der Waals surface area contributed by atoms with Crippen LogP contribution in [0, 0.1) is 6.92 Å². The molecule has 0 aliphatic rings. The monoisotopic (exact) mass is 250 g/mol. The number of H-pyrrole nitrogens is 1. The molecule has 1 heterocycles. The van der Waals surface area contributed by atoms with E-state index >= 15 is 0 Å². The van der Waals surface area contributed by atoms with Crippen LogP contribution in [0.1, 0.15) is 16.3 Å². The Labute approximate surface area is 104 Å². The second kappa shape index (κ2) is 4.59. The quantitative estimate of drug-likeness (QED) is 0.853. The van der Waals surface area contributed by atoms with Gasteiger partial charge in [0.15, 0.2) is 12.1 Å². The van der Waals surface area contributed by atoms with Crippen LogP contribution in [0.4, 0.5) is 0 Å². The van der Waals surface area contributed by atoms with Gasteiger partial charge in [-0.2, -0.15) is 0 Å². The Morgan fingerprint density at radius 3 is 2.82 bits per heavy atom. The van der Waals surface area contributed by atoms with Crippen molar-refractivity contribution in [3.05, 3.63) is 34.7 Å². The molecule has 0 amide bonds. The van der Waals surface area contributed by atoms with Crippen LogP contribution in [0.3, 0.4) is 0 Å². The van der Waals surface area contributed by atoms with Crippen molar-refractivity contribution in [1.82, 2.24) is 9.97 Å². The molecule has 1 aromatic carbocycles. The van der Waals surface area contributed by atoms with Crippen molar-refractivity contribution < 1.29 is 9.53 Å². The molecule has 0 unspecified atom stereocenters. The number of aromatic nitrogens is 2. The van der Waals surface area contributed by atoms with Crippen LogP contribution < -0.4 is 4.74 Å². The Morgan fingerprint density at radius 1 is 1.47 bits per heavy atom. The minimum absolute atomic E-state index is 0.291. The number of halogens is 1. The van der Waals surface area contributed by atoms with E-state index in [2.05, 4.69) is 9.97 Å². The van der Waals surface area contributed by atoms with Gasteiger partial charge in [0.25, 0.3) is 0 Å². The number of aromatic amines is 1. The maximum Gasteiger partial charge on any atom is 0.185 e. The van der Waals surface area contributed by atoms with Gasteiger partial charge in [-0.25, -0.2) is 4.98 Å². The van der Waals surface area contributed by atoms with Gasteiger partial charge in [0.1, 0.15) is 5.75 Å². The zero-order valence-corrected chi connectivity index (χ0v) is 10.2. The topological polar surface area (TPSA) is 55.0 Å². The molecule has 1 aromatic heterocycles. The fourth-order valence-corrected chi connectivity index (χ4v) is 1.84. The van der Waals surface area contributed by atoms with Gasteiger partial charge >= 0.3 is 0 Å². The summed E-state index contributed by atoms with van der Waals surface area (Å²) in [6.45, 7) is 1.84. The largest absolute Gasteiger partial charge is 0.496 e. The average Bonchev–Trinajstić information content (AvgIpc) is 2.70. The second-order valence-electron chi connectivity index (χ2n) is 3.56. The van der Waals surface area contributed by atoms with Crippen molar-refractivity contribution in [3.63, 3.8) is 0 Å². The first-order chi connectivity index (χ1) is 8.15. The molecule has 0 radical (unpaired) electrons. The fraction of sp³-hybridized carbons (Fsp3) is 0.167. The fourth-order valence-electron chi connectivity index (χ4n) is 1.67. The normalized spacial score (nSPS) is 10.3. The zero-order valence-electron chi connectivity index (χ0n) is 9.45. The van der Waals surface area contributed by atoms with E-state index < -0.39 is 0 Å². The molecule has 5 heteroatoms. The number of carbonyl (C=O) groups is 1. The number of nitrogens with zero attached hydrogens (tertiary/aromatic N) is 1. The van der Waals surface area contributed by atoms with Crippen LogP contribution in [-0.4, -0.2) is 23.4 Å². The Morgan fingerprint density at radius 2 is 2.24 bits per heavy atom. The summed E-state index contributed by atoms with van der Waals surface area (Å²) >= 11 is 5.95. The van der Waals surface area contributed by atoms with E-state index in [1.54, 1.807) is 25.3 Å². The highest BCUT2D eigenvalue weighted by atomic mass is 35.5. The maximum absolute atomic E-state index is 10.7. The first-order valence-corrected chi connectivity index (χ1v) is 5.39. The van der Waals surface area contributed by atoms with E-state index in [-0.39, 0.29) is 0 Å². The molecule has 2 aromatic rings. The van der Waals surface area contributed by atoms with Crippen molar-refractivity contribution in [1.29, 1.82) is 0 Å². The van der Waals surface area contributed by atoms with E-state index in [1.807, 2.05) is 6.92 Å². The van der Waals surface area contributed by atoms with Crippen molar-refractivity contribution in [3.8, 4) is 17.0 Å². The summed E-state index contributed by atoms with van der Waals surface area (Å²) < 4.78 is 5.25. The van der Waals surface area contributed by atoms with Crippen molar-refractivity contribution in [2.45, 2.75) is 6.92 Å². The summed E-state index contributed by atoms with van der Waals surface area (Å²) in [7, 11) is 1.58. The number of ether oxygens (including phenoxy) is 1. The molecule has 0 atom stereocenters. The van der Waals surface area contributed by atoms with Gasteiger partial charge in [0.2, 0.25) is 0 Å². The molecule has 88 valence electrons. The number of aldehydes is 1. The highest BCUT2D eigenvalue weighted by Gasteiger charge is 2.13. The number of hydrogen-bond acceptors (Lipinski definition) is 3. The lowest BCUT2D eigenvalue weighted by Gasteiger charge is -2.07. The Balaban J connectivity index is 2.61. The molecule has 0 aliphatic heterocycles. The van der Waals surface area contributed by atoms with Gasteiger partial charge in [0.05, 0.1) is 12.8 Å². The first-order valence-electron chi connectivity index (χ1n) is 5.01. The molecule has 0 saturated heterocycles. The molecule has 0 spiro atoms. The molecule has 0 bridgehead atoms. The third-order valence-electron chi connectivity index (χ3n) is 2.43. The highest BCUT2D eigenvalue weighted by molar-refractivity contribution is 6.31. The summed E-state index contributed by atoms with van der Waals surface area (Å²) in [5.74, 6) is 0.959. The van der Waals surface area contributed by atoms with Crippen LogP contribution in [0.25, 0.3) is 11.3 Å². The number of imidazole rings is 1. The van der Waals surface area contributed by atoms with Crippen LogP contribution in [0.5, 0.6) is 5.75 Å². The summed E-state index contributed by atoms with van der Waals surface area (Å²) in [6.07, 6.45) is 0.674. The average molecular weight is 251 g/mol. The van der Waals surface area contributed by atoms with Crippen LogP contribution >= 0.6 is 11.6 Å². The van der Waals surface area contributed by atoms with E-state index in [4.69, 9.17) is 16.3 Å². The van der Waals surface area contributed by atoms with E-state index in [0.29, 0.717) is 28.6 Å². The summed E-state index contributed by atoms with van der Waals surface area (Å²) in [4.78, 5) is 17.7. The second-order valence-corrected chi connectivity index (χ2v) is 3.99. The van der Waals surface area contributed by atoms with Gasteiger partial charge in [0, 0.05) is 16.3 Å². The molecule has 17 heavy (non-hydrogen) atoms. The minimum atomic E-state index is 0.291. The standard InChI is InChI=1S/C12H11ClN2O2/c1-7-12(15-11(6-16)14-7)9-5-8(13)3-4-10(9)17-2/h3-6H,1-2H3,(H,14,15). The first kappa shape index (κ1) is 11.7. The highest BCUT2D eigenvalue weighted by Crippen LogP contribution is 2.32. The number of carbonyl (C=O) groups excluding carboxylic acids is 1.